The van der Waals surface area contributed by atoms with Crippen LogP contribution in [0.5, 0.6) is 0 Å². The first-order valence-electron chi connectivity index (χ1n) is 6.25. The Morgan fingerprint density at radius 1 is 1.33 bits per heavy atom. The van der Waals surface area contributed by atoms with E-state index in [1.165, 1.54) is 0 Å². The molecule has 0 aromatic heterocycles. The van der Waals surface area contributed by atoms with E-state index in [0.717, 1.165) is 15.1 Å². The number of rotatable bonds is 5. The van der Waals surface area contributed by atoms with Gasteiger partial charge < -0.3 is 5.73 Å². The molecule has 0 saturated carbocycles. The number of nitrogens with two attached hydrogens (primary N) is 1. The van der Waals surface area contributed by atoms with Crippen LogP contribution in [0.1, 0.15) is 32.4 Å². The van der Waals surface area contributed by atoms with Crippen molar-refractivity contribution in [2.75, 3.05) is 13.6 Å². The minimum atomic E-state index is 0.156. The van der Waals surface area contributed by atoms with Crippen LogP contribution in [-0.4, -0.2) is 24.5 Å². The first-order chi connectivity index (χ1) is 8.38. The Labute approximate surface area is 124 Å². The first kappa shape index (κ1) is 16.0. The lowest BCUT2D eigenvalue weighted by molar-refractivity contribution is 0.152. The zero-order valence-corrected chi connectivity index (χ0v) is 13.8. The molecule has 0 saturated heterocycles. The third-order valence-corrected chi connectivity index (χ3v) is 4.46. The van der Waals surface area contributed by atoms with Crippen LogP contribution in [0.15, 0.2) is 22.7 Å². The van der Waals surface area contributed by atoms with Crippen LogP contribution in [0.25, 0.3) is 0 Å². The van der Waals surface area contributed by atoms with Crippen LogP contribution in [0.3, 0.4) is 0 Å². The molecule has 2 nitrogen and oxygen atoms in total. The van der Waals surface area contributed by atoms with Crippen molar-refractivity contribution >= 4 is 27.5 Å². The molecule has 0 fully saturated rings. The van der Waals surface area contributed by atoms with Gasteiger partial charge in [0.2, 0.25) is 0 Å². The molecule has 0 aliphatic heterocycles. The van der Waals surface area contributed by atoms with E-state index in [-0.39, 0.29) is 6.04 Å². The summed E-state index contributed by atoms with van der Waals surface area (Å²) in [4.78, 5) is 2.31. The molecule has 1 aromatic rings. The van der Waals surface area contributed by atoms with Crippen molar-refractivity contribution in [2.45, 2.75) is 32.9 Å². The van der Waals surface area contributed by atoms with Crippen molar-refractivity contribution in [1.29, 1.82) is 0 Å². The fraction of sp³-hybridized carbons (Fsp3) is 0.571. The Bertz CT molecular complexity index is 395. The van der Waals surface area contributed by atoms with E-state index in [9.17, 15) is 0 Å². The van der Waals surface area contributed by atoms with Gasteiger partial charge in [-0.05, 0) is 37.6 Å². The average molecular weight is 334 g/mol. The highest BCUT2D eigenvalue weighted by Gasteiger charge is 2.23. The van der Waals surface area contributed by atoms with E-state index in [1.54, 1.807) is 0 Å². The van der Waals surface area contributed by atoms with Gasteiger partial charge in [-0.3, -0.25) is 4.90 Å². The number of nitrogens with zero attached hydrogens (tertiary/aromatic N) is 1. The molecule has 2 atom stereocenters. The largest absolute Gasteiger partial charge is 0.329 e. The summed E-state index contributed by atoms with van der Waals surface area (Å²) in [6, 6.07) is 6.60. The summed E-state index contributed by atoms with van der Waals surface area (Å²) in [6.45, 7) is 7.23. The molecule has 0 heterocycles. The van der Waals surface area contributed by atoms with E-state index in [2.05, 4.69) is 48.6 Å². The van der Waals surface area contributed by atoms with Gasteiger partial charge in [-0.25, -0.2) is 0 Å². The Morgan fingerprint density at radius 3 is 2.39 bits per heavy atom. The van der Waals surface area contributed by atoms with Crippen molar-refractivity contribution in [3.05, 3.63) is 33.3 Å². The molecule has 4 heteroatoms. The van der Waals surface area contributed by atoms with Crippen LogP contribution in [0.4, 0.5) is 0 Å². The van der Waals surface area contributed by atoms with Crippen LogP contribution < -0.4 is 5.73 Å². The molecule has 2 N–H and O–H groups in total. The number of benzene rings is 1. The molecule has 102 valence electrons. The molecular formula is C14H22BrClN2. The van der Waals surface area contributed by atoms with Gasteiger partial charge in [0.15, 0.2) is 0 Å². The Balaban J connectivity index is 3.02. The molecule has 0 radical (unpaired) electrons. The van der Waals surface area contributed by atoms with Crippen molar-refractivity contribution in [3.63, 3.8) is 0 Å². The van der Waals surface area contributed by atoms with Gasteiger partial charge in [-0.2, -0.15) is 0 Å². The van der Waals surface area contributed by atoms with Gasteiger partial charge in [0, 0.05) is 28.1 Å². The quantitative estimate of drug-likeness (QED) is 0.880. The summed E-state index contributed by atoms with van der Waals surface area (Å²) in [5.41, 5.74) is 7.03. The molecule has 0 aliphatic rings. The van der Waals surface area contributed by atoms with Gasteiger partial charge in [-0.1, -0.05) is 47.4 Å². The van der Waals surface area contributed by atoms with E-state index < -0.39 is 0 Å². The van der Waals surface area contributed by atoms with E-state index >= 15 is 0 Å². The van der Waals surface area contributed by atoms with Crippen molar-refractivity contribution in [1.82, 2.24) is 4.90 Å². The SMILES string of the molecule is CC(C)C(C)N(C)C(CN)c1ccc(Br)cc1Cl. The number of likely N-dealkylation sites (N-methyl/N-ethyl adjacent to an activating group) is 1. The summed E-state index contributed by atoms with van der Waals surface area (Å²) in [5, 5.41) is 0.766. The fourth-order valence-electron chi connectivity index (χ4n) is 2.04. The normalized spacial score (nSPS) is 15.2. The summed E-state index contributed by atoms with van der Waals surface area (Å²) in [5.74, 6) is 0.582. The second-order valence-electron chi connectivity index (χ2n) is 5.07. The van der Waals surface area contributed by atoms with Crippen LogP contribution in [-0.2, 0) is 0 Å². The van der Waals surface area contributed by atoms with Crippen molar-refractivity contribution in [3.8, 4) is 0 Å². The van der Waals surface area contributed by atoms with Gasteiger partial charge in [-0.15, -0.1) is 0 Å². The van der Waals surface area contributed by atoms with Gasteiger partial charge in [0.1, 0.15) is 0 Å². The Morgan fingerprint density at radius 2 is 1.94 bits per heavy atom. The highest BCUT2D eigenvalue weighted by atomic mass is 79.9. The maximum atomic E-state index is 6.32. The zero-order chi connectivity index (χ0) is 13.9. The predicted molar refractivity (Wildman–Crippen MR) is 83.0 cm³/mol. The van der Waals surface area contributed by atoms with E-state index in [1.807, 2.05) is 18.2 Å². The third-order valence-electron chi connectivity index (χ3n) is 3.64. The highest BCUT2D eigenvalue weighted by molar-refractivity contribution is 9.10. The standard InChI is InChI=1S/C14H22BrClN2/c1-9(2)10(3)18(4)14(8-17)12-6-5-11(15)7-13(12)16/h5-7,9-10,14H,8,17H2,1-4H3. The van der Waals surface area contributed by atoms with Gasteiger partial charge >= 0.3 is 0 Å². The minimum absolute atomic E-state index is 0.156. The lowest BCUT2D eigenvalue weighted by Gasteiger charge is -2.35. The molecule has 0 spiro atoms. The third kappa shape index (κ3) is 3.70. The Hall–Kier alpha value is -0.0900. The van der Waals surface area contributed by atoms with Crippen LogP contribution in [0, 0.1) is 5.92 Å². The van der Waals surface area contributed by atoms with Crippen molar-refractivity contribution in [2.24, 2.45) is 11.7 Å². The molecule has 1 rings (SSSR count). The lowest BCUT2D eigenvalue weighted by atomic mass is 9.99. The summed E-state index contributed by atoms with van der Waals surface area (Å²) in [7, 11) is 2.11. The number of hydrogen-bond acceptors (Lipinski definition) is 2. The topological polar surface area (TPSA) is 29.3 Å². The summed E-state index contributed by atoms with van der Waals surface area (Å²) < 4.78 is 0.992. The summed E-state index contributed by atoms with van der Waals surface area (Å²) in [6.07, 6.45) is 0. The predicted octanol–water partition coefficient (Wildman–Crippen LogP) is 4.08. The second kappa shape index (κ2) is 6.90. The molecule has 2 unspecified atom stereocenters. The highest BCUT2D eigenvalue weighted by Crippen LogP contribution is 2.30. The zero-order valence-electron chi connectivity index (χ0n) is 11.5. The maximum Gasteiger partial charge on any atom is 0.0485 e. The number of hydrogen-bond donors (Lipinski definition) is 1. The molecule has 0 amide bonds. The minimum Gasteiger partial charge on any atom is -0.329 e. The number of halogens is 2. The fourth-order valence-corrected chi connectivity index (χ4v) is 2.84. The van der Waals surface area contributed by atoms with E-state index in [0.29, 0.717) is 18.5 Å². The van der Waals surface area contributed by atoms with Gasteiger partial charge in [0.25, 0.3) is 0 Å². The van der Waals surface area contributed by atoms with Gasteiger partial charge in [0.05, 0.1) is 0 Å². The Kier molecular flexibility index (Phi) is 6.12. The summed E-state index contributed by atoms with van der Waals surface area (Å²) >= 11 is 9.75. The molecule has 18 heavy (non-hydrogen) atoms. The lowest BCUT2D eigenvalue weighted by Crippen LogP contribution is -2.39. The molecule has 0 aliphatic carbocycles. The van der Waals surface area contributed by atoms with Crippen LogP contribution in [0.2, 0.25) is 5.02 Å². The smallest absolute Gasteiger partial charge is 0.0485 e. The molecular weight excluding hydrogens is 312 g/mol. The van der Waals surface area contributed by atoms with Crippen LogP contribution >= 0.6 is 27.5 Å². The maximum absolute atomic E-state index is 6.32. The molecule has 1 aromatic carbocycles. The monoisotopic (exact) mass is 332 g/mol. The van der Waals surface area contributed by atoms with Crippen molar-refractivity contribution < 1.29 is 0 Å². The molecule has 0 bridgehead atoms. The average Bonchev–Trinajstić information content (AvgIpc) is 2.31. The van der Waals surface area contributed by atoms with E-state index in [4.69, 9.17) is 17.3 Å². The second-order valence-corrected chi connectivity index (χ2v) is 6.39. The first-order valence-corrected chi connectivity index (χ1v) is 7.42.